The minimum absolute atomic E-state index is 0.0399. The molecule has 1 aromatic heterocycles. The van der Waals surface area contributed by atoms with Crippen LogP contribution in [0.5, 0.6) is 0 Å². The Labute approximate surface area is 177 Å². The third-order valence-electron chi connectivity index (χ3n) is 4.37. The number of anilines is 2. The number of hydrogen-bond donors (Lipinski definition) is 4. The Bertz CT molecular complexity index is 1160. The molecule has 0 spiro atoms. The van der Waals surface area contributed by atoms with Crippen LogP contribution in [0.15, 0.2) is 65.9 Å². The van der Waals surface area contributed by atoms with Gasteiger partial charge in [0, 0.05) is 30.7 Å². The SMILES string of the molecule is NC=C(C=Nc1ccc(F)cc1)c1cc(F)cc(CNC(=O)c2ccnc(N)c2N)c1. The molecule has 2 aromatic carbocycles. The largest absolute Gasteiger partial charge is 0.404 e. The van der Waals surface area contributed by atoms with E-state index in [4.69, 9.17) is 17.2 Å². The van der Waals surface area contributed by atoms with Gasteiger partial charge < -0.3 is 22.5 Å². The molecule has 0 aliphatic heterocycles. The number of hydrogen-bond acceptors (Lipinski definition) is 6. The van der Waals surface area contributed by atoms with E-state index in [1.807, 2.05) is 0 Å². The first kappa shape index (κ1) is 21.4. The van der Waals surface area contributed by atoms with Gasteiger partial charge in [-0.25, -0.2) is 13.8 Å². The zero-order valence-electron chi connectivity index (χ0n) is 16.3. The van der Waals surface area contributed by atoms with Gasteiger partial charge in [-0.3, -0.25) is 9.79 Å². The monoisotopic (exact) mass is 422 g/mol. The van der Waals surface area contributed by atoms with Crippen molar-refractivity contribution in [3.63, 3.8) is 0 Å². The van der Waals surface area contributed by atoms with E-state index in [0.717, 1.165) is 0 Å². The Kier molecular flexibility index (Phi) is 6.56. The summed E-state index contributed by atoms with van der Waals surface area (Å²) in [7, 11) is 0. The van der Waals surface area contributed by atoms with Gasteiger partial charge in [0.15, 0.2) is 0 Å². The van der Waals surface area contributed by atoms with E-state index in [1.54, 1.807) is 6.07 Å². The summed E-state index contributed by atoms with van der Waals surface area (Å²) in [6, 6.07) is 11.3. The highest BCUT2D eigenvalue weighted by atomic mass is 19.1. The number of aliphatic imine (C=N–C) groups is 1. The molecule has 3 rings (SSSR count). The second kappa shape index (κ2) is 9.49. The van der Waals surface area contributed by atoms with Crippen LogP contribution in [0.3, 0.4) is 0 Å². The summed E-state index contributed by atoms with van der Waals surface area (Å²) in [4.78, 5) is 20.4. The minimum atomic E-state index is -0.510. The van der Waals surface area contributed by atoms with Crippen molar-refractivity contribution in [1.29, 1.82) is 0 Å². The number of nitrogens with one attached hydrogen (secondary N) is 1. The van der Waals surface area contributed by atoms with E-state index in [1.165, 1.54) is 61.1 Å². The van der Waals surface area contributed by atoms with Crippen LogP contribution in [0.2, 0.25) is 0 Å². The zero-order chi connectivity index (χ0) is 22.4. The van der Waals surface area contributed by atoms with Crippen LogP contribution in [0.25, 0.3) is 5.57 Å². The molecule has 31 heavy (non-hydrogen) atoms. The van der Waals surface area contributed by atoms with Crippen molar-refractivity contribution < 1.29 is 13.6 Å². The molecule has 0 saturated carbocycles. The maximum Gasteiger partial charge on any atom is 0.253 e. The molecule has 7 N–H and O–H groups in total. The van der Waals surface area contributed by atoms with Gasteiger partial charge in [0.1, 0.15) is 17.5 Å². The molecule has 0 radical (unpaired) electrons. The maximum absolute atomic E-state index is 14.2. The predicted octanol–water partition coefficient (Wildman–Crippen LogP) is 3.16. The number of aromatic nitrogens is 1. The van der Waals surface area contributed by atoms with Crippen molar-refractivity contribution in [2.75, 3.05) is 11.5 Å². The van der Waals surface area contributed by atoms with E-state index < -0.39 is 11.7 Å². The number of halogens is 2. The molecule has 0 fully saturated rings. The maximum atomic E-state index is 14.2. The first-order valence-electron chi connectivity index (χ1n) is 9.17. The zero-order valence-corrected chi connectivity index (χ0v) is 16.3. The lowest BCUT2D eigenvalue weighted by atomic mass is 10.0. The van der Waals surface area contributed by atoms with E-state index in [-0.39, 0.29) is 29.4 Å². The van der Waals surface area contributed by atoms with Gasteiger partial charge in [-0.2, -0.15) is 0 Å². The Morgan fingerprint density at radius 2 is 1.81 bits per heavy atom. The van der Waals surface area contributed by atoms with Crippen LogP contribution in [0, 0.1) is 11.6 Å². The quantitative estimate of drug-likeness (QED) is 0.453. The molecule has 3 aromatic rings. The number of amides is 1. The Morgan fingerprint density at radius 1 is 1.06 bits per heavy atom. The second-order valence-corrected chi connectivity index (χ2v) is 6.54. The summed E-state index contributed by atoms with van der Waals surface area (Å²) in [5, 5.41) is 2.67. The van der Waals surface area contributed by atoms with E-state index in [2.05, 4.69) is 15.3 Å². The summed E-state index contributed by atoms with van der Waals surface area (Å²) in [5.41, 5.74) is 19.3. The molecule has 1 amide bonds. The van der Waals surface area contributed by atoms with Crippen molar-refractivity contribution in [2.24, 2.45) is 10.7 Å². The number of nitrogens with two attached hydrogens (primary N) is 3. The highest BCUT2D eigenvalue weighted by Crippen LogP contribution is 2.20. The average molecular weight is 422 g/mol. The molecule has 9 heteroatoms. The second-order valence-electron chi connectivity index (χ2n) is 6.54. The Hall–Kier alpha value is -4.27. The highest BCUT2D eigenvalue weighted by molar-refractivity contribution is 6.10. The first-order chi connectivity index (χ1) is 14.9. The van der Waals surface area contributed by atoms with E-state index >= 15 is 0 Å². The fourth-order valence-corrected chi connectivity index (χ4v) is 2.77. The molecular weight excluding hydrogens is 402 g/mol. The molecule has 0 saturated heterocycles. The van der Waals surface area contributed by atoms with Gasteiger partial charge in [0.05, 0.1) is 16.9 Å². The average Bonchev–Trinajstić information content (AvgIpc) is 2.75. The summed E-state index contributed by atoms with van der Waals surface area (Å²) in [5.74, 6) is -1.30. The van der Waals surface area contributed by atoms with Crippen LogP contribution in [0.4, 0.5) is 26.0 Å². The van der Waals surface area contributed by atoms with Gasteiger partial charge in [-0.15, -0.1) is 0 Å². The van der Waals surface area contributed by atoms with Gasteiger partial charge in [0.25, 0.3) is 5.91 Å². The predicted molar refractivity (Wildman–Crippen MR) is 117 cm³/mol. The fraction of sp³-hybridized carbons (Fsp3) is 0.0455. The van der Waals surface area contributed by atoms with E-state index in [0.29, 0.717) is 22.4 Å². The van der Waals surface area contributed by atoms with Crippen LogP contribution >= 0.6 is 0 Å². The molecule has 0 aliphatic carbocycles. The van der Waals surface area contributed by atoms with Gasteiger partial charge >= 0.3 is 0 Å². The van der Waals surface area contributed by atoms with Gasteiger partial charge in [-0.1, -0.05) is 0 Å². The fourth-order valence-electron chi connectivity index (χ4n) is 2.77. The Balaban J connectivity index is 1.76. The Morgan fingerprint density at radius 3 is 2.52 bits per heavy atom. The molecule has 0 atom stereocenters. The summed E-state index contributed by atoms with van der Waals surface area (Å²) >= 11 is 0. The standard InChI is InChI=1S/C22H20F2N6O/c23-16-1-3-18(4-2-16)29-12-15(10-25)14-7-13(8-17(24)9-14)11-30-22(31)19-5-6-28-21(27)20(19)26/h1-10,12H,11,25-26H2,(H2,27,28)(H,30,31). The van der Waals surface area contributed by atoms with Crippen molar-refractivity contribution in [3.8, 4) is 0 Å². The number of pyridine rings is 1. The minimum Gasteiger partial charge on any atom is -0.404 e. The summed E-state index contributed by atoms with van der Waals surface area (Å²) in [6.07, 6.45) is 4.11. The van der Waals surface area contributed by atoms with Gasteiger partial charge in [0.2, 0.25) is 0 Å². The number of rotatable bonds is 6. The smallest absolute Gasteiger partial charge is 0.253 e. The lowest BCUT2D eigenvalue weighted by Crippen LogP contribution is -2.24. The van der Waals surface area contributed by atoms with Crippen molar-refractivity contribution >= 4 is 34.9 Å². The van der Waals surface area contributed by atoms with Crippen molar-refractivity contribution in [1.82, 2.24) is 10.3 Å². The molecule has 158 valence electrons. The number of allylic oxidation sites excluding steroid dienone is 1. The van der Waals surface area contributed by atoms with Crippen molar-refractivity contribution in [3.05, 3.63) is 89.3 Å². The molecule has 0 aliphatic rings. The molecular formula is C22H20F2N6O. The first-order valence-corrected chi connectivity index (χ1v) is 9.17. The third-order valence-corrected chi connectivity index (χ3v) is 4.37. The van der Waals surface area contributed by atoms with Gasteiger partial charge in [-0.05, 0) is 59.7 Å². The normalized spacial score (nSPS) is 11.6. The van der Waals surface area contributed by atoms with Crippen LogP contribution in [-0.2, 0) is 6.54 Å². The lowest BCUT2D eigenvalue weighted by Gasteiger charge is -2.10. The number of benzene rings is 2. The summed E-state index contributed by atoms with van der Waals surface area (Å²) < 4.78 is 27.2. The number of nitrogen functional groups attached to an aromatic ring is 2. The van der Waals surface area contributed by atoms with Crippen LogP contribution < -0.4 is 22.5 Å². The number of carbonyl (C=O) groups is 1. The van der Waals surface area contributed by atoms with Crippen molar-refractivity contribution in [2.45, 2.75) is 6.54 Å². The molecule has 1 heterocycles. The van der Waals surface area contributed by atoms with Crippen LogP contribution in [-0.4, -0.2) is 17.1 Å². The molecule has 0 bridgehead atoms. The van der Waals surface area contributed by atoms with Crippen LogP contribution in [0.1, 0.15) is 21.5 Å². The topological polar surface area (TPSA) is 132 Å². The number of nitrogens with zero attached hydrogens (tertiary/aromatic N) is 2. The molecule has 0 unspecified atom stereocenters. The number of carbonyl (C=O) groups excluding carboxylic acids is 1. The third kappa shape index (κ3) is 5.41. The molecule has 7 nitrogen and oxygen atoms in total. The van der Waals surface area contributed by atoms with E-state index in [9.17, 15) is 13.6 Å². The highest BCUT2D eigenvalue weighted by Gasteiger charge is 2.12. The summed E-state index contributed by atoms with van der Waals surface area (Å²) in [6.45, 7) is 0.0399. The lowest BCUT2D eigenvalue weighted by molar-refractivity contribution is 0.0951.